The molecule has 6 aromatic carbocycles. The van der Waals surface area contributed by atoms with Crippen LogP contribution >= 0.6 is 0 Å². The van der Waals surface area contributed by atoms with Crippen LogP contribution in [0, 0.1) is 0 Å². The zero-order chi connectivity index (χ0) is 46.4. The molecule has 1 fully saturated rings. The van der Waals surface area contributed by atoms with Crippen LogP contribution in [0.2, 0.25) is 0 Å². The van der Waals surface area contributed by atoms with Gasteiger partial charge in [-0.25, -0.2) is 9.59 Å². The zero-order valence-corrected chi connectivity index (χ0v) is 37.1. The maximum Gasteiger partial charge on any atom is 0.411 e. The Hall–Kier alpha value is -7.28. The zero-order valence-electron chi connectivity index (χ0n) is 37.1. The van der Waals surface area contributed by atoms with E-state index in [2.05, 4.69) is 40.1 Å². The number of ether oxygens (including phenoxy) is 1. The Morgan fingerprint density at radius 2 is 0.894 bits per heavy atom. The number of para-hydroxylation sites is 2. The van der Waals surface area contributed by atoms with Crippen molar-refractivity contribution >= 4 is 35.4 Å². The summed E-state index contributed by atoms with van der Waals surface area (Å²) in [5.41, 5.74) is 6.94. The highest BCUT2D eigenvalue weighted by Crippen LogP contribution is 2.34. The summed E-state index contributed by atoms with van der Waals surface area (Å²) < 4.78 is 6.62. The van der Waals surface area contributed by atoms with Gasteiger partial charge in [-0.15, -0.1) is 0 Å². The molecule has 1 aliphatic rings. The molecule has 340 valence electrons. The van der Waals surface area contributed by atoms with Crippen molar-refractivity contribution in [2.24, 2.45) is 0 Å². The van der Waals surface area contributed by atoms with Gasteiger partial charge in [0.1, 0.15) is 12.1 Å². The maximum absolute atomic E-state index is 13.8. The normalized spacial score (nSPS) is 17.1. The van der Waals surface area contributed by atoms with E-state index >= 15 is 0 Å². The van der Waals surface area contributed by atoms with Gasteiger partial charge in [0.15, 0.2) is 0 Å². The van der Waals surface area contributed by atoms with Gasteiger partial charge >= 0.3 is 12.2 Å². The summed E-state index contributed by atoms with van der Waals surface area (Å²) in [7, 11) is 2.13. The molecule has 1 heterocycles. The van der Waals surface area contributed by atoms with Crippen LogP contribution in [-0.4, -0.2) is 83.0 Å². The fourth-order valence-corrected chi connectivity index (χ4v) is 9.17. The molecule has 7 rings (SSSR count). The van der Waals surface area contributed by atoms with Gasteiger partial charge < -0.3 is 25.6 Å². The number of imide groups is 2. The fraction of sp³-hybridized carbons (Fsp3) is 0.259. The number of likely N-dealkylation sites (N-methyl/N-ethyl adjacent to an activating group) is 1. The summed E-state index contributed by atoms with van der Waals surface area (Å²) in [6.07, 6.45) is -0.111. The first-order valence-electron chi connectivity index (χ1n) is 22.4. The molecule has 4 amide bonds. The number of carbonyl (C=O) groups excluding carboxylic acids is 2. The summed E-state index contributed by atoms with van der Waals surface area (Å²) in [5.74, 6) is -2.29. The Morgan fingerprint density at radius 3 is 1.27 bits per heavy atom. The Balaban J connectivity index is 1.03. The molecule has 0 bridgehead atoms. The molecule has 0 spiro atoms. The highest BCUT2D eigenvalue weighted by atomic mass is 16.5. The summed E-state index contributed by atoms with van der Waals surface area (Å²) >= 11 is 0. The smallest absolute Gasteiger partial charge is 0.411 e. The second kappa shape index (κ2) is 22.6. The number of carboxylic acid groups (broad SMARTS) is 2. The number of aryl methyl sites for hydroxylation is 2. The van der Waals surface area contributed by atoms with Crippen LogP contribution in [0.4, 0.5) is 21.0 Å². The Morgan fingerprint density at radius 1 is 0.545 bits per heavy atom. The van der Waals surface area contributed by atoms with Crippen molar-refractivity contribution in [1.29, 1.82) is 0 Å². The van der Waals surface area contributed by atoms with Crippen molar-refractivity contribution in [2.75, 3.05) is 24.3 Å². The monoisotopic (exact) mass is 887 g/mol. The largest absolute Gasteiger partial charge is 0.465 e. The highest BCUT2D eigenvalue weighted by Gasteiger charge is 2.36. The molecule has 12 nitrogen and oxygen atoms in total. The lowest BCUT2D eigenvalue weighted by Crippen LogP contribution is -2.53. The van der Waals surface area contributed by atoms with Crippen LogP contribution in [0.1, 0.15) is 65.0 Å². The SMILES string of the molecule is CC1[C@@H](CCc2ccccc2N[C@H](C(=O)NC(=O)O)C(c2ccccc2)c2ccccc2)OC[C@@H](CCc2ccccc2N[C@H](C(=O)NC(=O)O)C(c2ccccc2)c2ccccc2)N1C. The predicted molar refractivity (Wildman–Crippen MR) is 257 cm³/mol. The number of nitrogens with one attached hydrogen (secondary N) is 4. The van der Waals surface area contributed by atoms with E-state index in [-0.39, 0.29) is 18.2 Å². The van der Waals surface area contributed by atoms with Gasteiger partial charge in [0.25, 0.3) is 11.8 Å². The van der Waals surface area contributed by atoms with E-state index in [9.17, 15) is 29.4 Å². The van der Waals surface area contributed by atoms with Crippen molar-refractivity contribution in [3.8, 4) is 0 Å². The van der Waals surface area contributed by atoms with E-state index < -0.39 is 47.9 Å². The summed E-state index contributed by atoms with van der Waals surface area (Å²) in [5, 5.41) is 30.4. The minimum absolute atomic E-state index is 0.0773. The van der Waals surface area contributed by atoms with Crippen LogP contribution in [-0.2, 0) is 27.2 Å². The molecule has 6 N–H and O–H groups in total. The number of morpholine rings is 1. The van der Waals surface area contributed by atoms with Gasteiger partial charge in [0.05, 0.1) is 12.7 Å². The van der Waals surface area contributed by atoms with E-state index in [0.717, 1.165) is 51.2 Å². The molecular weight excluding hydrogens is 831 g/mol. The molecule has 1 aliphatic heterocycles. The number of hydrogen-bond acceptors (Lipinski definition) is 8. The Kier molecular flexibility index (Phi) is 16.0. The van der Waals surface area contributed by atoms with Crippen LogP contribution in [0.5, 0.6) is 0 Å². The van der Waals surface area contributed by atoms with Crippen LogP contribution in [0.3, 0.4) is 0 Å². The van der Waals surface area contributed by atoms with Crippen molar-refractivity contribution in [3.05, 3.63) is 203 Å². The predicted octanol–water partition coefficient (Wildman–Crippen LogP) is 9.15. The first-order chi connectivity index (χ1) is 32.1. The number of hydrogen-bond donors (Lipinski definition) is 6. The van der Waals surface area contributed by atoms with Crippen LogP contribution in [0.25, 0.3) is 0 Å². The molecule has 66 heavy (non-hydrogen) atoms. The van der Waals surface area contributed by atoms with Gasteiger partial charge in [-0.05, 0) is 85.2 Å². The average molecular weight is 888 g/mol. The molecule has 1 saturated heterocycles. The van der Waals surface area contributed by atoms with E-state index in [1.165, 1.54) is 0 Å². The van der Waals surface area contributed by atoms with E-state index in [0.29, 0.717) is 25.9 Å². The minimum Gasteiger partial charge on any atom is -0.465 e. The van der Waals surface area contributed by atoms with Gasteiger partial charge in [-0.2, -0.15) is 0 Å². The maximum atomic E-state index is 13.8. The highest BCUT2D eigenvalue weighted by molar-refractivity contribution is 5.97. The number of rotatable bonds is 18. The molecule has 0 aromatic heterocycles. The second-order valence-corrected chi connectivity index (χ2v) is 16.8. The van der Waals surface area contributed by atoms with Gasteiger partial charge in [0, 0.05) is 35.3 Å². The number of benzene rings is 6. The van der Waals surface area contributed by atoms with E-state index in [1.54, 1.807) is 0 Å². The summed E-state index contributed by atoms with van der Waals surface area (Å²) in [6, 6.07) is 52.4. The number of anilines is 2. The molecule has 0 aliphatic carbocycles. The standard InChI is InChI=1S/C54H57N5O7/c1-36-46(34-32-38-20-16-18-30-45(38)56-50(52(61)58-54(64)65)48(41-25-11-5-12-26-41)42-27-13-6-14-28-42)66-35-43(59(36)2)33-31-37-19-15-17-29-44(37)55-49(51(60)57-53(62)63)47(39-21-7-3-8-22-39)40-23-9-4-10-24-40/h3-30,36,43,46-50,55-56H,31-35H2,1-2H3,(H,57,60)(H,58,61)(H,62,63)(H,64,65)/t36?,43-,46-,49+,50+/m1/s1. The molecule has 5 atom stereocenters. The third-order valence-electron chi connectivity index (χ3n) is 12.7. The first kappa shape index (κ1) is 46.7. The van der Waals surface area contributed by atoms with Gasteiger partial charge in [-0.3, -0.25) is 25.1 Å². The number of carbonyl (C=O) groups is 4. The molecular formula is C54H57N5O7. The van der Waals surface area contributed by atoms with E-state index in [1.807, 2.05) is 170 Å². The number of nitrogens with zero attached hydrogens (tertiary/aromatic N) is 1. The van der Waals surface area contributed by atoms with Crippen LogP contribution in [0.15, 0.2) is 170 Å². The van der Waals surface area contributed by atoms with E-state index in [4.69, 9.17) is 4.74 Å². The third-order valence-corrected chi connectivity index (χ3v) is 12.7. The van der Waals surface area contributed by atoms with Crippen molar-refractivity contribution < 1.29 is 34.1 Å². The van der Waals surface area contributed by atoms with Crippen molar-refractivity contribution in [3.63, 3.8) is 0 Å². The average Bonchev–Trinajstić information content (AvgIpc) is 3.33. The Labute approximate surface area is 386 Å². The van der Waals surface area contributed by atoms with Gasteiger partial charge in [-0.1, -0.05) is 158 Å². The lowest BCUT2D eigenvalue weighted by molar-refractivity contribution is -0.122. The molecule has 1 unspecified atom stereocenters. The van der Waals surface area contributed by atoms with Gasteiger partial charge in [0.2, 0.25) is 0 Å². The molecule has 0 radical (unpaired) electrons. The minimum atomic E-state index is -1.42. The topological polar surface area (TPSA) is 169 Å². The lowest BCUT2D eigenvalue weighted by atomic mass is 9.84. The Bertz CT molecular complexity index is 2270. The quantitative estimate of drug-likeness (QED) is 0.0490. The lowest BCUT2D eigenvalue weighted by Gasteiger charge is -2.43. The van der Waals surface area contributed by atoms with Crippen molar-refractivity contribution in [2.45, 2.75) is 74.7 Å². The molecule has 6 aromatic rings. The fourth-order valence-electron chi connectivity index (χ4n) is 9.17. The van der Waals surface area contributed by atoms with Crippen molar-refractivity contribution in [1.82, 2.24) is 15.5 Å². The summed E-state index contributed by atoms with van der Waals surface area (Å²) in [6.45, 7) is 2.69. The van der Waals surface area contributed by atoms with Crippen LogP contribution < -0.4 is 21.3 Å². The third kappa shape index (κ3) is 11.9. The molecule has 12 heteroatoms. The number of amides is 4. The second-order valence-electron chi connectivity index (χ2n) is 16.8. The first-order valence-corrected chi connectivity index (χ1v) is 22.4. The summed E-state index contributed by atoms with van der Waals surface area (Å²) in [4.78, 5) is 53.5. The molecule has 0 saturated carbocycles.